The van der Waals surface area contributed by atoms with Gasteiger partial charge in [-0.05, 0) is 50.9 Å². The number of hydrogen-bond acceptors (Lipinski definition) is 3. The zero-order valence-corrected chi connectivity index (χ0v) is 12.1. The molecule has 2 aliphatic rings. The Morgan fingerprint density at radius 3 is 2.85 bits per heavy atom. The highest BCUT2D eigenvalue weighted by atomic mass is 16.5. The molecule has 0 amide bonds. The molecular weight excluding hydrogens is 248 g/mol. The van der Waals surface area contributed by atoms with E-state index >= 15 is 0 Å². The summed E-state index contributed by atoms with van der Waals surface area (Å²) in [5.74, 6) is 1.63. The van der Waals surface area contributed by atoms with Gasteiger partial charge in [0.2, 0.25) is 0 Å². The normalized spacial score (nSPS) is 25.3. The molecule has 0 saturated carbocycles. The van der Waals surface area contributed by atoms with Gasteiger partial charge in [-0.25, -0.2) is 0 Å². The fourth-order valence-corrected chi connectivity index (χ4v) is 3.26. The molecule has 1 saturated heterocycles. The van der Waals surface area contributed by atoms with E-state index < -0.39 is 0 Å². The van der Waals surface area contributed by atoms with Crippen molar-refractivity contribution in [1.29, 1.82) is 5.26 Å². The van der Waals surface area contributed by atoms with Crippen LogP contribution in [-0.4, -0.2) is 31.1 Å². The van der Waals surface area contributed by atoms with E-state index in [9.17, 15) is 5.26 Å². The molecule has 3 heteroatoms. The van der Waals surface area contributed by atoms with Gasteiger partial charge in [0.05, 0.1) is 18.1 Å². The topological polar surface area (TPSA) is 36.3 Å². The zero-order chi connectivity index (χ0) is 14.0. The number of hydrogen-bond donors (Lipinski definition) is 0. The van der Waals surface area contributed by atoms with Crippen LogP contribution in [0.2, 0.25) is 0 Å². The lowest BCUT2D eigenvalue weighted by Crippen LogP contribution is -2.40. The van der Waals surface area contributed by atoms with Crippen LogP contribution in [0.15, 0.2) is 24.3 Å². The summed E-state index contributed by atoms with van der Waals surface area (Å²) in [5, 5.41) is 9.20. The number of likely N-dealkylation sites (tertiary alicyclic amines) is 1. The van der Waals surface area contributed by atoms with Gasteiger partial charge in [-0.15, -0.1) is 0 Å². The van der Waals surface area contributed by atoms with E-state index in [1.165, 1.54) is 5.56 Å². The lowest BCUT2D eigenvalue weighted by molar-refractivity contribution is 0.138. The van der Waals surface area contributed by atoms with E-state index in [1.54, 1.807) is 0 Å². The average molecular weight is 270 g/mol. The summed E-state index contributed by atoms with van der Waals surface area (Å²) in [5.41, 5.74) is 1.25. The van der Waals surface area contributed by atoms with Crippen molar-refractivity contribution < 1.29 is 4.74 Å². The predicted molar refractivity (Wildman–Crippen MR) is 78.7 cm³/mol. The van der Waals surface area contributed by atoms with Gasteiger partial charge >= 0.3 is 0 Å². The Kier molecular flexibility index (Phi) is 3.67. The van der Waals surface area contributed by atoms with E-state index in [0.29, 0.717) is 5.92 Å². The first kappa shape index (κ1) is 13.5. The predicted octanol–water partition coefficient (Wildman–Crippen LogP) is 3.18. The largest absolute Gasteiger partial charge is 0.493 e. The van der Waals surface area contributed by atoms with Crippen molar-refractivity contribution in [3.8, 4) is 11.8 Å². The summed E-state index contributed by atoms with van der Waals surface area (Å²) >= 11 is 0. The van der Waals surface area contributed by atoms with Crippen LogP contribution in [0.4, 0.5) is 0 Å². The summed E-state index contributed by atoms with van der Waals surface area (Å²) in [6, 6.07) is 10.9. The Labute approximate surface area is 121 Å². The number of benzene rings is 1. The number of ether oxygens (including phenoxy) is 1. The molecule has 1 unspecified atom stereocenters. The molecule has 0 radical (unpaired) electrons. The molecule has 1 atom stereocenters. The van der Waals surface area contributed by atoms with E-state index in [2.05, 4.69) is 36.1 Å². The molecule has 0 aromatic heterocycles. The van der Waals surface area contributed by atoms with Crippen molar-refractivity contribution in [2.24, 2.45) is 5.41 Å². The first-order chi connectivity index (χ1) is 9.70. The smallest absolute Gasteiger partial charge is 0.122 e. The number of piperidine rings is 1. The highest BCUT2D eigenvalue weighted by Gasteiger charge is 2.31. The molecule has 3 nitrogen and oxygen atoms in total. The van der Waals surface area contributed by atoms with Crippen LogP contribution in [-0.2, 0) is 0 Å². The lowest BCUT2D eigenvalue weighted by Gasteiger charge is -2.37. The highest BCUT2D eigenvalue weighted by Crippen LogP contribution is 2.36. The third-order valence-electron chi connectivity index (χ3n) is 4.79. The van der Waals surface area contributed by atoms with Gasteiger partial charge in [0, 0.05) is 12.5 Å². The molecule has 3 rings (SSSR count). The quantitative estimate of drug-likeness (QED) is 0.828. The fraction of sp³-hybridized carbons (Fsp3) is 0.588. The number of fused-ring (bicyclic) bond motifs is 1. The van der Waals surface area contributed by atoms with Gasteiger partial charge in [-0.2, -0.15) is 5.26 Å². The summed E-state index contributed by atoms with van der Waals surface area (Å²) < 4.78 is 5.73. The molecule has 106 valence electrons. The Morgan fingerprint density at radius 2 is 2.10 bits per heavy atom. The van der Waals surface area contributed by atoms with E-state index in [4.69, 9.17) is 4.74 Å². The van der Waals surface area contributed by atoms with Crippen LogP contribution < -0.4 is 4.74 Å². The molecule has 1 aromatic rings. The van der Waals surface area contributed by atoms with Gasteiger partial charge in [-0.1, -0.05) is 18.2 Å². The first-order valence-corrected chi connectivity index (χ1v) is 7.55. The second kappa shape index (κ2) is 5.46. The van der Waals surface area contributed by atoms with Gasteiger partial charge in [0.1, 0.15) is 5.75 Å². The minimum absolute atomic E-state index is 0.107. The Morgan fingerprint density at radius 1 is 1.35 bits per heavy atom. The standard InChI is InChI=1S/C17H22N2O/c1-17(13-18)7-9-19(10-8-17)12-14-6-11-20-16-5-3-2-4-15(14)16/h2-5,14H,6-12H2,1H3. The summed E-state index contributed by atoms with van der Waals surface area (Å²) in [4.78, 5) is 2.52. The maximum atomic E-state index is 9.20. The van der Waals surface area contributed by atoms with Gasteiger partial charge in [0.25, 0.3) is 0 Å². The molecular formula is C17H22N2O. The van der Waals surface area contributed by atoms with E-state index in [-0.39, 0.29) is 5.41 Å². The minimum Gasteiger partial charge on any atom is -0.493 e. The highest BCUT2D eigenvalue weighted by molar-refractivity contribution is 5.37. The Bertz CT molecular complexity index is 512. The minimum atomic E-state index is -0.107. The molecule has 0 N–H and O–H groups in total. The molecule has 1 fully saturated rings. The molecule has 0 aliphatic carbocycles. The molecule has 0 bridgehead atoms. The second-order valence-corrected chi connectivity index (χ2v) is 6.34. The maximum absolute atomic E-state index is 9.20. The van der Waals surface area contributed by atoms with Crippen LogP contribution >= 0.6 is 0 Å². The molecule has 2 heterocycles. The monoisotopic (exact) mass is 270 g/mol. The zero-order valence-electron chi connectivity index (χ0n) is 12.1. The van der Waals surface area contributed by atoms with Crippen LogP contribution in [0.25, 0.3) is 0 Å². The van der Waals surface area contributed by atoms with Crippen molar-refractivity contribution in [2.45, 2.75) is 32.1 Å². The van der Waals surface area contributed by atoms with Crippen molar-refractivity contribution >= 4 is 0 Å². The van der Waals surface area contributed by atoms with Gasteiger partial charge < -0.3 is 9.64 Å². The fourth-order valence-electron chi connectivity index (χ4n) is 3.26. The SMILES string of the molecule is CC1(C#N)CCN(CC2CCOc3ccccc32)CC1. The number of para-hydroxylation sites is 1. The number of nitrogens with zero attached hydrogens (tertiary/aromatic N) is 2. The Balaban J connectivity index is 1.64. The molecule has 2 aliphatic heterocycles. The van der Waals surface area contributed by atoms with Crippen LogP contribution in [0.3, 0.4) is 0 Å². The van der Waals surface area contributed by atoms with Gasteiger partial charge in [0.15, 0.2) is 0 Å². The number of nitriles is 1. The third kappa shape index (κ3) is 2.66. The van der Waals surface area contributed by atoms with Crippen molar-refractivity contribution in [3.05, 3.63) is 29.8 Å². The van der Waals surface area contributed by atoms with Crippen molar-refractivity contribution in [2.75, 3.05) is 26.2 Å². The van der Waals surface area contributed by atoms with Crippen LogP contribution in [0.5, 0.6) is 5.75 Å². The first-order valence-electron chi connectivity index (χ1n) is 7.55. The van der Waals surface area contributed by atoms with E-state index in [1.807, 2.05) is 6.07 Å². The van der Waals surface area contributed by atoms with Crippen LogP contribution in [0.1, 0.15) is 37.7 Å². The molecule has 20 heavy (non-hydrogen) atoms. The molecule has 0 spiro atoms. The number of rotatable bonds is 2. The van der Waals surface area contributed by atoms with Gasteiger partial charge in [-0.3, -0.25) is 0 Å². The molecule has 1 aromatic carbocycles. The van der Waals surface area contributed by atoms with E-state index in [0.717, 1.165) is 51.3 Å². The average Bonchev–Trinajstić information content (AvgIpc) is 2.50. The van der Waals surface area contributed by atoms with Crippen LogP contribution in [0, 0.1) is 16.7 Å². The lowest BCUT2D eigenvalue weighted by atomic mass is 9.81. The Hall–Kier alpha value is -1.53. The van der Waals surface area contributed by atoms with Crippen molar-refractivity contribution in [3.63, 3.8) is 0 Å². The van der Waals surface area contributed by atoms with Crippen molar-refractivity contribution in [1.82, 2.24) is 4.90 Å². The third-order valence-corrected chi connectivity index (χ3v) is 4.79. The summed E-state index contributed by atoms with van der Waals surface area (Å²) in [7, 11) is 0. The summed E-state index contributed by atoms with van der Waals surface area (Å²) in [6.07, 6.45) is 3.09. The summed E-state index contributed by atoms with van der Waals surface area (Å²) in [6.45, 7) is 6.11. The maximum Gasteiger partial charge on any atom is 0.122 e. The second-order valence-electron chi connectivity index (χ2n) is 6.34.